The van der Waals surface area contributed by atoms with E-state index in [0.29, 0.717) is 11.7 Å². The van der Waals surface area contributed by atoms with E-state index in [1.54, 1.807) is 6.20 Å². The van der Waals surface area contributed by atoms with Gasteiger partial charge in [-0.25, -0.2) is 0 Å². The molecule has 1 aromatic rings. The smallest absolute Gasteiger partial charge is 0.143 e. The summed E-state index contributed by atoms with van der Waals surface area (Å²) < 4.78 is 0. The summed E-state index contributed by atoms with van der Waals surface area (Å²) in [6.07, 6.45) is 5.05. The highest BCUT2D eigenvalue weighted by molar-refractivity contribution is 5.98. The molecule has 0 aliphatic heterocycles. The number of nitrogens with two attached hydrogens (primary N) is 1. The molecule has 18 heavy (non-hydrogen) atoms. The quantitative estimate of drug-likeness (QED) is 0.576. The number of nitrogens with one attached hydrogen (secondary N) is 1. The van der Waals surface area contributed by atoms with Crippen LogP contribution in [0.2, 0.25) is 0 Å². The van der Waals surface area contributed by atoms with Gasteiger partial charge in [-0.2, -0.15) is 0 Å². The summed E-state index contributed by atoms with van der Waals surface area (Å²) >= 11 is 0. The van der Waals surface area contributed by atoms with Gasteiger partial charge in [0.25, 0.3) is 0 Å². The van der Waals surface area contributed by atoms with E-state index in [1.165, 1.54) is 0 Å². The predicted molar refractivity (Wildman–Crippen MR) is 77.3 cm³/mol. The summed E-state index contributed by atoms with van der Waals surface area (Å²) in [6.45, 7) is 7.54. The first-order chi connectivity index (χ1) is 8.61. The molecule has 0 bridgehead atoms. The van der Waals surface area contributed by atoms with Gasteiger partial charge in [-0.3, -0.25) is 10.4 Å². The van der Waals surface area contributed by atoms with E-state index < -0.39 is 0 Å². The van der Waals surface area contributed by atoms with Crippen molar-refractivity contribution in [2.75, 3.05) is 11.4 Å². The Labute approximate surface area is 110 Å². The van der Waals surface area contributed by atoms with Gasteiger partial charge in [0.05, 0.1) is 5.69 Å². The van der Waals surface area contributed by atoms with Crippen molar-refractivity contribution in [3.05, 3.63) is 24.0 Å². The normalized spacial score (nSPS) is 12.2. The fraction of sp³-hybridized carbons (Fsp3) is 0.571. The third-order valence-electron chi connectivity index (χ3n) is 3.23. The number of unbranched alkanes of at least 4 members (excludes halogenated alkanes) is 1. The maximum absolute atomic E-state index is 7.63. The first-order valence-electron chi connectivity index (χ1n) is 6.67. The van der Waals surface area contributed by atoms with Crippen LogP contribution in [-0.4, -0.2) is 23.4 Å². The maximum Gasteiger partial charge on any atom is 0.143 e. The zero-order chi connectivity index (χ0) is 13.5. The molecule has 0 aliphatic carbocycles. The lowest BCUT2D eigenvalue weighted by molar-refractivity contribution is 0.594. The second-order valence-corrected chi connectivity index (χ2v) is 4.59. The Kier molecular flexibility index (Phi) is 5.62. The molecular formula is C14H24N4. The van der Waals surface area contributed by atoms with Crippen molar-refractivity contribution in [3.8, 4) is 0 Å². The van der Waals surface area contributed by atoms with Crippen LogP contribution in [0.1, 0.15) is 45.7 Å². The van der Waals surface area contributed by atoms with Crippen LogP contribution >= 0.6 is 0 Å². The number of nitrogen functional groups attached to an aromatic ring is 1. The van der Waals surface area contributed by atoms with E-state index in [4.69, 9.17) is 11.1 Å². The molecule has 0 aliphatic rings. The number of nitrogens with zero attached hydrogens (tertiary/aromatic N) is 2. The average molecular weight is 248 g/mol. The SMILES string of the molecule is CCCCN(c1cccnc1C(=N)N)C(C)CC. The van der Waals surface area contributed by atoms with Crippen molar-refractivity contribution in [3.63, 3.8) is 0 Å². The Morgan fingerprint density at radius 2 is 2.22 bits per heavy atom. The van der Waals surface area contributed by atoms with E-state index in [-0.39, 0.29) is 5.84 Å². The highest BCUT2D eigenvalue weighted by atomic mass is 15.2. The van der Waals surface area contributed by atoms with Gasteiger partial charge in [0.15, 0.2) is 0 Å². The summed E-state index contributed by atoms with van der Waals surface area (Å²) in [5, 5.41) is 7.63. The van der Waals surface area contributed by atoms with Crippen LogP contribution in [0.3, 0.4) is 0 Å². The lowest BCUT2D eigenvalue weighted by Crippen LogP contribution is -2.35. The summed E-state index contributed by atoms with van der Waals surface area (Å²) in [5.74, 6) is 0.0374. The number of rotatable bonds is 7. The van der Waals surface area contributed by atoms with Crippen molar-refractivity contribution in [1.29, 1.82) is 5.41 Å². The number of hydrogen-bond acceptors (Lipinski definition) is 3. The summed E-state index contributed by atoms with van der Waals surface area (Å²) in [5.41, 5.74) is 7.19. The number of amidine groups is 1. The Morgan fingerprint density at radius 1 is 1.50 bits per heavy atom. The molecule has 1 heterocycles. The highest BCUT2D eigenvalue weighted by Gasteiger charge is 2.17. The molecule has 1 rings (SSSR count). The molecule has 0 amide bonds. The molecule has 0 spiro atoms. The van der Waals surface area contributed by atoms with Crippen molar-refractivity contribution < 1.29 is 0 Å². The monoisotopic (exact) mass is 248 g/mol. The molecule has 1 atom stereocenters. The first kappa shape index (κ1) is 14.5. The van der Waals surface area contributed by atoms with Crippen LogP contribution in [0.4, 0.5) is 5.69 Å². The van der Waals surface area contributed by atoms with Gasteiger partial charge < -0.3 is 10.6 Å². The van der Waals surface area contributed by atoms with Gasteiger partial charge in [0.2, 0.25) is 0 Å². The largest absolute Gasteiger partial charge is 0.382 e. The molecule has 1 aromatic heterocycles. The molecule has 1 unspecified atom stereocenters. The van der Waals surface area contributed by atoms with Gasteiger partial charge in [-0.15, -0.1) is 0 Å². The van der Waals surface area contributed by atoms with Gasteiger partial charge in [0, 0.05) is 18.8 Å². The zero-order valence-electron chi connectivity index (χ0n) is 11.6. The van der Waals surface area contributed by atoms with E-state index >= 15 is 0 Å². The zero-order valence-corrected chi connectivity index (χ0v) is 11.6. The summed E-state index contributed by atoms with van der Waals surface area (Å²) in [4.78, 5) is 6.55. The molecule has 0 aromatic carbocycles. The van der Waals surface area contributed by atoms with Crippen LogP contribution in [0.5, 0.6) is 0 Å². The maximum atomic E-state index is 7.63. The molecule has 100 valence electrons. The minimum atomic E-state index is 0.0374. The fourth-order valence-electron chi connectivity index (χ4n) is 1.96. The molecule has 0 radical (unpaired) electrons. The lowest BCUT2D eigenvalue weighted by Gasteiger charge is -2.31. The first-order valence-corrected chi connectivity index (χ1v) is 6.67. The average Bonchev–Trinajstić information content (AvgIpc) is 2.39. The van der Waals surface area contributed by atoms with Crippen LogP contribution in [0.15, 0.2) is 18.3 Å². The Bertz CT molecular complexity index is 389. The summed E-state index contributed by atoms with van der Waals surface area (Å²) in [6, 6.07) is 4.34. The fourth-order valence-corrected chi connectivity index (χ4v) is 1.96. The predicted octanol–water partition coefficient (Wildman–Crippen LogP) is 2.77. The third-order valence-corrected chi connectivity index (χ3v) is 3.23. The molecule has 4 heteroatoms. The second-order valence-electron chi connectivity index (χ2n) is 4.59. The van der Waals surface area contributed by atoms with Crippen LogP contribution in [0, 0.1) is 5.41 Å². The van der Waals surface area contributed by atoms with Gasteiger partial charge >= 0.3 is 0 Å². The van der Waals surface area contributed by atoms with E-state index in [2.05, 4.69) is 30.7 Å². The van der Waals surface area contributed by atoms with E-state index in [0.717, 1.165) is 31.5 Å². The molecule has 3 N–H and O–H groups in total. The molecular weight excluding hydrogens is 224 g/mol. The van der Waals surface area contributed by atoms with E-state index in [9.17, 15) is 0 Å². The number of aromatic nitrogens is 1. The lowest BCUT2D eigenvalue weighted by atomic mass is 10.1. The van der Waals surface area contributed by atoms with Gasteiger partial charge in [0.1, 0.15) is 11.5 Å². The Morgan fingerprint density at radius 3 is 2.78 bits per heavy atom. The third kappa shape index (κ3) is 3.45. The summed E-state index contributed by atoms with van der Waals surface area (Å²) in [7, 11) is 0. The van der Waals surface area contributed by atoms with Crippen LogP contribution < -0.4 is 10.6 Å². The van der Waals surface area contributed by atoms with Crippen LogP contribution in [0.25, 0.3) is 0 Å². The Hall–Kier alpha value is -1.58. The van der Waals surface area contributed by atoms with Crippen molar-refractivity contribution in [2.45, 2.75) is 46.1 Å². The van der Waals surface area contributed by atoms with E-state index in [1.807, 2.05) is 12.1 Å². The topological polar surface area (TPSA) is 66.0 Å². The Balaban J connectivity index is 3.07. The standard InChI is InChI=1S/C14H24N4/c1-4-6-10-18(11(3)5-2)12-8-7-9-17-13(12)14(15)16/h7-9,11H,4-6,10H2,1-3H3,(H3,15,16). The minimum Gasteiger partial charge on any atom is -0.382 e. The number of anilines is 1. The highest BCUT2D eigenvalue weighted by Crippen LogP contribution is 2.22. The molecule has 0 saturated carbocycles. The molecule has 4 nitrogen and oxygen atoms in total. The second kappa shape index (κ2) is 6.99. The molecule has 0 saturated heterocycles. The van der Waals surface area contributed by atoms with Crippen molar-refractivity contribution >= 4 is 11.5 Å². The minimum absolute atomic E-state index is 0.0374. The van der Waals surface area contributed by atoms with Crippen LogP contribution in [-0.2, 0) is 0 Å². The number of hydrogen-bond donors (Lipinski definition) is 2. The van der Waals surface area contributed by atoms with Crippen molar-refractivity contribution in [2.24, 2.45) is 5.73 Å². The number of pyridine rings is 1. The van der Waals surface area contributed by atoms with Crippen molar-refractivity contribution in [1.82, 2.24) is 4.98 Å². The molecule has 0 fully saturated rings. The van der Waals surface area contributed by atoms with Gasteiger partial charge in [-0.05, 0) is 31.9 Å². The van der Waals surface area contributed by atoms with Gasteiger partial charge in [-0.1, -0.05) is 20.3 Å².